The summed E-state index contributed by atoms with van der Waals surface area (Å²) in [6.07, 6.45) is 3.78. The number of carbonyl (C=O) groups excluding carboxylic acids is 1. The third-order valence-electron chi connectivity index (χ3n) is 4.50. The molecule has 8 heteroatoms. The Kier molecular flexibility index (Phi) is 4.20. The minimum Gasteiger partial charge on any atom is -0.506 e. The molecule has 0 fully saturated rings. The molecule has 3 N–H and O–H groups in total. The number of aromatic amines is 1. The van der Waals surface area contributed by atoms with Crippen molar-refractivity contribution in [3.8, 4) is 5.75 Å². The number of aromatic nitrogens is 1. The van der Waals surface area contributed by atoms with Crippen LogP contribution in [0.1, 0.15) is 33.6 Å². The third-order valence-corrected chi connectivity index (χ3v) is 6.02. The Balaban J connectivity index is 1.79. The Morgan fingerprint density at radius 2 is 2.08 bits per heavy atom. The second-order valence-electron chi connectivity index (χ2n) is 6.18. The van der Waals surface area contributed by atoms with Gasteiger partial charge in [0.05, 0.1) is 10.4 Å². The number of hydrogen-bond donors (Lipinski definition) is 3. The molecule has 1 aliphatic carbocycles. The zero-order valence-electron chi connectivity index (χ0n) is 13.5. The van der Waals surface area contributed by atoms with Crippen LogP contribution in [-0.4, -0.2) is 16.0 Å². The van der Waals surface area contributed by atoms with Gasteiger partial charge in [-0.3, -0.25) is 9.59 Å². The van der Waals surface area contributed by atoms with Gasteiger partial charge in [0.1, 0.15) is 22.0 Å². The summed E-state index contributed by atoms with van der Waals surface area (Å²) in [5.74, 6) is -1.82. The lowest BCUT2D eigenvalue weighted by Gasteiger charge is -2.12. The van der Waals surface area contributed by atoms with Crippen LogP contribution >= 0.6 is 22.9 Å². The topological polar surface area (TPSA) is 82.2 Å². The Labute approximate surface area is 156 Å². The predicted molar refractivity (Wildman–Crippen MR) is 100 cm³/mol. The van der Waals surface area contributed by atoms with Crippen LogP contribution in [-0.2, 0) is 12.8 Å². The lowest BCUT2D eigenvalue weighted by atomic mass is 9.96. The van der Waals surface area contributed by atoms with Crippen LogP contribution in [0.4, 0.5) is 10.1 Å². The number of rotatable bonds is 2. The van der Waals surface area contributed by atoms with Crippen molar-refractivity contribution in [1.29, 1.82) is 0 Å². The second-order valence-corrected chi connectivity index (χ2v) is 7.69. The van der Waals surface area contributed by atoms with Crippen LogP contribution in [0.3, 0.4) is 0 Å². The van der Waals surface area contributed by atoms with Gasteiger partial charge in [0.25, 0.3) is 11.5 Å². The first-order valence-electron chi connectivity index (χ1n) is 8.11. The first kappa shape index (κ1) is 17.1. The van der Waals surface area contributed by atoms with Gasteiger partial charge in [-0.2, -0.15) is 0 Å². The average molecular weight is 393 g/mol. The average Bonchev–Trinajstić information content (AvgIpc) is 2.96. The van der Waals surface area contributed by atoms with Gasteiger partial charge < -0.3 is 15.4 Å². The minimum absolute atomic E-state index is 0.0741. The highest BCUT2D eigenvalue weighted by Gasteiger charge is 2.25. The summed E-state index contributed by atoms with van der Waals surface area (Å²) in [5.41, 5.74) is 0.0827. The molecule has 0 atom stereocenters. The van der Waals surface area contributed by atoms with E-state index in [-0.39, 0.29) is 22.0 Å². The maximum Gasteiger partial charge on any atom is 0.265 e. The first-order valence-corrected chi connectivity index (χ1v) is 9.31. The summed E-state index contributed by atoms with van der Waals surface area (Å²) in [7, 11) is 0. The highest BCUT2D eigenvalue weighted by molar-refractivity contribution is 7.18. The van der Waals surface area contributed by atoms with Gasteiger partial charge in [0.15, 0.2) is 0 Å². The van der Waals surface area contributed by atoms with Crippen LogP contribution in [0.15, 0.2) is 23.0 Å². The van der Waals surface area contributed by atoms with Crippen molar-refractivity contribution < 1.29 is 14.3 Å². The number of aromatic hydroxyl groups is 1. The fourth-order valence-corrected chi connectivity index (χ4v) is 4.68. The number of anilines is 1. The van der Waals surface area contributed by atoms with Gasteiger partial charge in [-0.05, 0) is 49.4 Å². The van der Waals surface area contributed by atoms with E-state index in [9.17, 15) is 19.1 Å². The maximum atomic E-state index is 13.5. The van der Waals surface area contributed by atoms with Gasteiger partial charge >= 0.3 is 0 Å². The van der Waals surface area contributed by atoms with E-state index in [1.807, 2.05) is 0 Å². The largest absolute Gasteiger partial charge is 0.506 e. The van der Waals surface area contributed by atoms with Crippen LogP contribution in [0.5, 0.6) is 5.75 Å². The molecule has 1 aliphatic rings. The van der Waals surface area contributed by atoms with Crippen molar-refractivity contribution in [3.05, 3.63) is 55.4 Å². The van der Waals surface area contributed by atoms with Crippen LogP contribution in [0, 0.1) is 5.82 Å². The Morgan fingerprint density at radius 3 is 2.85 bits per heavy atom. The molecule has 2 heterocycles. The van der Waals surface area contributed by atoms with Crippen molar-refractivity contribution in [3.63, 3.8) is 0 Å². The van der Waals surface area contributed by atoms with Crippen molar-refractivity contribution in [2.45, 2.75) is 25.7 Å². The molecule has 1 amide bonds. The maximum absolute atomic E-state index is 13.5. The summed E-state index contributed by atoms with van der Waals surface area (Å²) in [4.78, 5) is 29.3. The van der Waals surface area contributed by atoms with Crippen molar-refractivity contribution in [1.82, 2.24) is 4.98 Å². The molecule has 3 aromatic rings. The smallest absolute Gasteiger partial charge is 0.265 e. The quantitative estimate of drug-likeness (QED) is 0.610. The standard InChI is InChI=1S/C18H14ClFN2O3S/c19-10-6-5-8(7-11(10)20)21-16(24)14-15(23)13-9-3-1-2-4-12(9)26-18(13)22-17(14)25/h5-7H,1-4H2,(H,21,24)(H2,22,23,25). The van der Waals surface area contributed by atoms with E-state index < -0.39 is 17.3 Å². The Morgan fingerprint density at radius 1 is 1.31 bits per heavy atom. The van der Waals surface area contributed by atoms with E-state index in [0.29, 0.717) is 10.2 Å². The van der Waals surface area contributed by atoms with Gasteiger partial charge in [-0.1, -0.05) is 11.6 Å². The molecule has 5 nitrogen and oxygen atoms in total. The number of aryl methyl sites for hydroxylation is 2. The van der Waals surface area contributed by atoms with Crippen molar-refractivity contribution in [2.24, 2.45) is 0 Å². The molecule has 134 valence electrons. The van der Waals surface area contributed by atoms with E-state index in [0.717, 1.165) is 42.2 Å². The SMILES string of the molecule is O=C(Nc1ccc(Cl)c(F)c1)c1c(O)c2c3c(sc2[nH]c1=O)CCCC3. The predicted octanol–water partition coefficient (Wildman–Crippen LogP) is 4.22. The van der Waals surface area contributed by atoms with E-state index >= 15 is 0 Å². The number of hydrogen-bond acceptors (Lipinski definition) is 4. The minimum atomic E-state index is -0.803. The molecule has 0 saturated heterocycles. The number of H-pyrrole nitrogens is 1. The van der Waals surface area contributed by atoms with Crippen molar-refractivity contribution >= 4 is 44.7 Å². The molecule has 2 aromatic heterocycles. The van der Waals surface area contributed by atoms with Crippen molar-refractivity contribution in [2.75, 3.05) is 5.32 Å². The molecular formula is C18H14ClFN2O3S. The van der Waals surface area contributed by atoms with Crippen LogP contribution < -0.4 is 10.9 Å². The lowest BCUT2D eigenvalue weighted by molar-refractivity contribution is 0.102. The number of nitrogens with one attached hydrogen (secondary N) is 2. The fourth-order valence-electron chi connectivity index (χ4n) is 3.28. The van der Waals surface area contributed by atoms with Gasteiger partial charge in [-0.25, -0.2) is 4.39 Å². The highest BCUT2D eigenvalue weighted by Crippen LogP contribution is 2.40. The Bertz CT molecular complexity index is 1110. The summed E-state index contributed by atoms with van der Waals surface area (Å²) >= 11 is 7.07. The number of fused-ring (bicyclic) bond motifs is 3. The lowest BCUT2D eigenvalue weighted by Crippen LogP contribution is -2.23. The number of halogens is 2. The van der Waals surface area contributed by atoms with E-state index in [4.69, 9.17) is 11.6 Å². The fraction of sp³-hybridized carbons (Fsp3) is 0.222. The summed E-state index contributed by atoms with van der Waals surface area (Å²) in [6, 6.07) is 3.77. The summed E-state index contributed by atoms with van der Waals surface area (Å²) < 4.78 is 13.5. The highest BCUT2D eigenvalue weighted by atomic mass is 35.5. The van der Waals surface area contributed by atoms with E-state index in [2.05, 4.69) is 10.3 Å². The third kappa shape index (κ3) is 2.77. The van der Waals surface area contributed by atoms with Crippen LogP contribution in [0.25, 0.3) is 10.2 Å². The van der Waals surface area contributed by atoms with Crippen LogP contribution in [0.2, 0.25) is 5.02 Å². The summed E-state index contributed by atoms with van der Waals surface area (Å²) in [5, 5.41) is 13.5. The van der Waals surface area contributed by atoms with Gasteiger partial charge in [0.2, 0.25) is 0 Å². The molecule has 0 radical (unpaired) electrons. The van der Waals surface area contributed by atoms with E-state index in [1.54, 1.807) is 0 Å². The molecule has 0 unspecified atom stereocenters. The van der Waals surface area contributed by atoms with Gasteiger partial charge in [-0.15, -0.1) is 11.3 Å². The number of pyridine rings is 1. The number of benzene rings is 1. The second kappa shape index (κ2) is 6.41. The molecule has 4 rings (SSSR count). The first-order chi connectivity index (χ1) is 12.5. The Hall–Kier alpha value is -2.38. The number of thiophene rings is 1. The zero-order valence-corrected chi connectivity index (χ0v) is 15.1. The number of amides is 1. The normalized spacial score (nSPS) is 13.6. The molecule has 0 spiro atoms. The zero-order chi connectivity index (χ0) is 18.4. The molecule has 0 saturated carbocycles. The molecule has 1 aromatic carbocycles. The summed E-state index contributed by atoms with van der Waals surface area (Å²) in [6.45, 7) is 0. The molecule has 26 heavy (non-hydrogen) atoms. The monoisotopic (exact) mass is 392 g/mol. The van der Waals surface area contributed by atoms with Gasteiger partial charge in [0, 0.05) is 10.6 Å². The molecule has 0 bridgehead atoms. The van der Waals surface area contributed by atoms with E-state index in [1.165, 1.54) is 23.5 Å². The molecule has 0 aliphatic heterocycles. The number of carbonyl (C=O) groups is 1. The molecular weight excluding hydrogens is 379 g/mol.